The first-order valence-electron chi connectivity index (χ1n) is 16.7. The maximum absolute atomic E-state index is 13.2. The van der Waals surface area contributed by atoms with Gasteiger partial charge in [-0.25, -0.2) is 0 Å². The topological polar surface area (TPSA) is 115 Å². The fraction of sp³-hybridized carbons (Fsp3) is 0.220. The molecule has 6 rings (SSSR count). The molecule has 0 amide bonds. The Morgan fingerprint density at radius 2 is 0.941 bits per heavy atom. The molecule has 0 aliphatic rings. The molecule has 51 heavy (non-hydrogen) atoms. The Morgan fingerprint density at radius 3 is 1.43 bits per heavy atom. The van der Waals surface area contributed by atoms with E-state index in [9.17, 15) is 13.2 Å². The molecule has 0 spiro atoms. The van der Waals surface area contributed by atoms with Crippen molar-refractivity contribution in [1.82, 2.24) is 0 Å². The van der Waals surface area contributed by atoms with Crippen LogP contribution in [0.25, 0.3) is 32.7 Å². The first-order valence-corrected chi connectivity index (χ1v) is 16.7. The molecule has 6 aromatic carbocycles. The van der Waals surface area contributed by atoms with Crippen molar-refractivity contribution >= 4 is 38.6 Å². The number of nitrogens with two attached hydrogens (primary N) is 3. The number of aryl methyl sites for hydroxylation is 2. The zero-order valence-electron chi connectivity index (χ0n) is 28.5. The van der Waals surface area contributed by atoms with Gasteiger partial charge in [0.15, 0.2) is 0 Å². The van der Waals surface area contributed by atoms with Gasteiger partial charge >= 0.3 is 6.18 Å². The molecule has 0 heterocycles. The molecule has 0 atom stereocenters. The zero-order chi connectivity index (χ0) is 36.1. The summed E-state index contributed by atoms with van der Waals surface area (Å²) in [4.78, 5) is 0. The number of halogens is 3. The quantitative estimate of drug-likeness (QED) is 0.0814. The minimum Gasteiger partial charge on any atom is -0.493 e. The summed E-state index contributed by atoms with van der Waals surface area (Å²) in [5.41, 5.74) is 22.3. The van der Waals surface area contributed by atoms with Crippen LogP contribution in [0.4, 0.5) is 30.2 Å². The number of nitrogen functional groups attached to an aromatic ring is 3. The predicted molar refractivity (Wildman–Crippen MR) is 199 cm³/mol. The normalized spacial score (nSPS) is 11.5. The van der Waals surface area contributed by atoms with Crippen molar-refractivity contribution in [2.75, 3.05) is 43.6 Å². The number of benzene rings is 6. The third-order valence-electron chi connectivity index (χ3n) is 8.51. The van der Waals surface area contributed by atoms with Crippen LogP contribution in [-0.2, 0) is 6.18 Å². The van der Waals surface area contributed by atoms with E-state index in [0.29, 0.717) is 54.7 Å². The van der Waals surface area contributed by atoms with Crippen LogP contribution in [-0.4, -0.2) is 26.4 Å². The Morgan fingerprint density at radius 1 is 0.490 bits per heavy atom. The number of fused-ring (bicyclic) bond motifs is 2. The zero-order valence-corrected chi connectivity index (χ0v) is 28.5. The van der Waals surface area contributed by atoms with E-state index in [1.165, 1.54) is 6.07 Å². The minimum atomic E-state index is -4.50. The van der Waals surface area contributed by atoms with Gasteiger partial charge in [-0.15, -0.1) is 0 Å². The lowest BCUT2D eigenvalue weighted by Gasteiger charge is -2.20. The number of alkyl halides is 3. The fourth-order valence-corrected chi connectivity index (χ4v) is 5.97. The van der Waals surface area contributed by atoms with Crippen molar-refractivity contribution in [2.24, 2.45) is 0 Å². The monoisotopic (exact) mass is 695 g/mol. The van der Waals surface area contributed by atoms with Crippen LogP contribution >= 0.6 is 0 Å². The Hall–Kier alpha value is -5.77. The van der Waals surface area contributed by atoms with Crippen LogP contribution < -0.4 is 36.1 Å². The van der Waals surface area contributed by atoms with Gasteiger partial charge in [-0.05, 0) is 77.9 Å². The second kappa shape index (κ2) is 15.0. The molecule has 0 bridgehead atoms. The van der Waals surface area contributed by atoms with Crippen LogP contribution in [0.3, 0.4) is 0 Å². The van der Waals surface area contributed by atoms with Crippen molar-refractivity contribution in [1.29, 1.82) is 0 Å². The van der Waals surface area contributed by atoms with Gasteiger partial charge in [0.05, 0.1) is 43.4 Å². The van der Waals surface area contributed by atoms with Crippen LogP contribution in [0, 0.1) is 13.8 Å². The van der Waals surface area contributed by atoms with E-state index in [0.717, 1.165) is 55.9 Å². The van der Waals surface area contributed by atoms with Crippen LogP contribution in [0.5, 0.6) is 23.0 Å². The van der Waals surface area contributed by atoms with Gasteiger partial charge in [-0.2, -0.15) is 13.2 Å². The van der Waals surface area contributed by atoms with Crippen molar-refractivity contribution < 1.29 is 32.1 Å². The highest BCUT2D eigenvalue weighted by molar-refractivity contribution is 6.10. The first kappa shape index (κ1) is 35.1. The molecule has 0 saturated heterocycles. The molecule has 0 unspecified atom stereocenters. The second-order valence-electron chi connectivity index (χ2n) is 12.5. The summed E-state index contributed by atoms with van der Waals surface area (Å²) in [6.07, 6.45) is -3.51. The smallest absolute Gasteiger partial charge is 0.416 e. The molecule has 10 heteroatoms. The van der Waals surface area contributed by atoms with Crippen molar-refractivity contribution in [2.45, 2.75) is 32.9 Å². The summed E-state index contributed by atoms with van der Waals surface area (Å²) >= 11 is 0. The lowest BCUT2D eigenvalue weighted by molar-refractivity contribution is -0.137. The first-order chi connectivity index (χ1) is 24.5. The second-order valence-corrected chi connectivity index (χ2v) is 12.5. The molecule has 0 saturated carbocycles. The lowest BCUT2D eigenvalue weighted by Crippen LogP contribution is -2.09. The van der Waals surface area contributed by atoms with Gasteiger partial charge in [0.25, 0.3) is 0 Å². The number of anilines is 3. The third-order valence-corrected chi connectivity index (χ3v) is 8.51. The maximum Gasteiger partial charge on any atom is 0.416 e. The van der Waals surface area contributed by atoms with Gasteiger partial charge in [0.2, 0.25) is 0 Å². The Balaban J connectivity index is 1.27. The van der Waals surface area contributed by atoms with Gasteiger partial charge in [-0.1, -0.05) is 59.7 Å². The van der Waals surface area contributed by atoms with Gasteiger partial charge in [0.1, 0.15) is 23.0 Å². The highest BCUT2D eigenvalue weighted by Crippen LogP contribution is 2.46. The van der Waals surface area contributed by atoms with E-state index in [1.54, 1.807) is 18.2 Å². The number of ether oxygens (including phenoxy) is 4. The van der Waals surface area contributed by atoms with Crippen LogP contribution in [0.2, 0.25) is 0 Å². The highest BCUT2D eigenvalue weighted by atomic mass is 19.4. The molecule has 0 aliphatic carbocycles. The van der Waals surface area contributed by atoms with E-state index < -0.39 is 11.7 Å². The van der Waals surface area contributed by atoms with Crippen molar-refractivity contribution in [3.05, 3.63) is 114 Å². The Bertz CT molecular complexity index is 2190. The summed E-state index contributed by atoms with van der Waals surface area (Å²) in [6, 6.07) is 28.8. The van der Waals surface area contributed by atoms with Crippen LogP contribution in [0.15, 0.2) is 97.1 Å². The minimum absolute atomic E-state index is 0.0128. The van der Waals surface area contributed by atoms with Gasteiger partial charge < -0.3 is 36.1 Å². The Kier molecular flexibility index (Phi) is 10.3. The predicted octanol–water partition coefficient (Wildman–Crippen LogP) is 9.74. The molecule has 0 radical (unpaired) electrons. The molecule has 0 aliphatic heterocycles. The van der Waals surface area contributed by atoms with E-state index in [4.69, 9.17) is 36.1 Å². The molecule has 264 valence electrons. The van der Waals surface area contributed by atoms with E-state index in [-0.39, 0.29) is 24.7 Å². The lowest BCUT2D eigenvalue weighted by atomic mass is 9.91. The van der Waals surface area contributed by atoms with Crippen LogP contribution in [0.1, 0.15) is 29.5 Å². The third kappa shape index (κ3) is 8.17. The Labute approximate surface area is 294 Å². The summed E-state index contributed by atoms with van der Waals surface area (Å²) in [7, 11) is 0. The molecular weight excluding hydrogens is 655 g/mol. The largest absolute Gasteiger partial charge is 0.493 e. The average Bonchev–Trinajstić information content (AvgIpc) is 3.09. The maximum atomic E-state index is 13.2. The molecule has 6 aromatic rings. The SMILES string of the molecule is Cc1ccc2c(-c3c(OCCCOc4cc(C(F)(F)F)ccc4N)ccc4cc(C)ccc34)c(OCCCOc3cc(N)ccc3N)ccc2c1. The highest BCUT2D eigenvalue weighted by Gasteiger charge is 2.31. The summed E-state index contributed by atoms with van der Waals surface area (Å²) in [5, 5.41) is 4.09. The molecule has 7 nitrogen and oxygen atoms in total. The van der Waals surface area contributed by atoms with Gasteiger partial charge in [-0.3, -0.25) is 0 Å². The van der Waals surface area contributed by atoms with Gasteiger partial charge in [0, 0.05) is 35.7 Å². The summed E-state index contributed by atoms with van der Waals surface area (Å²) in [6.45, 7) is 5.22. The van der Waals surface area contributed by atoms with E-state index in [1.807, 2.05) is 18.2 Å². The molecule has 0 fully saturated rings. The van der Waals surface area contributed by atoms with E-state index >= 15 is 0 Å². The fourth-order valence-electron chi connectivity index (χ4n) is 5.97. The number of rotatable bonds is 13. The number of hydrogen-bond donors (Lipinski definition) is 3. The van der Waals surface area contributed by atoms with Crippen molar-refractivity contribution in [3.63, 3.8) is 0 Å². The number of hydrogen-bond acceptors (Lipinski definition) is 7. The van der Waals surface area contributed by atoms with Crippen molar-refractivity contribution in [3.8, 4) is 34.1 Å². The molecular formula is C41H40F3N3O4. The summed E-state index contributed by atoms with van der Waals surface area (Å²) in [5.74, 6) is 1.86. The average molecular weight is 696 g/mol. The summed E-state index contributed by atoms with van der Waals surface area (Å²) < 4.78 is 64.2. The molecule has 6 N–H and O–H groups in total. The van der Waals surface area contributed by atoms with E-state index in [2.05, 4.69) is 56.3 Å². The molecule has 0 aromatic heterocycles. The standard InChI is InChI=1S/C41H40F3N3O4/c1-25-5-11-31-27(21-25)7-15-35(48-17-3-19-50-37-23-29(41(42,43)44)9-13-33(37)46)39(31)40-32-12-6-26(2)22-28(32)8-16-36(40)49-18-4-20-51-38-24-30(45)10-14-34(38)47/h5-16,21-24H,3-4,17-20,45-47H2,1-2H3.